The Bertz CT molecular complexity index is 924. The first-order valence-electron chi connectivity index (χ1n) is 8.46. The van der Waals surface area contributed by atoms with Crippen LogP contribution in [0.25, 0.3) is 10.9 Å². The number of amides is 1. The zero-order chi connectivity index (χ0) is 17.4. The quantitative estimate of drug-likeness (QED) is 0.704. The van der Waals surface area contributed by atoms with E-state index in [1.54, 1.807) is 11.3 Å². The maximum atomic E-state index is 12.0. The number of ether oxygens (including phenoxy) is 1. The van der Waals surface area contributed by atoms with Gasteiger partial charge in [-0.2, -0.15) is 0 Å². The minimum atomic E-state index is -0.137. The minimum absolute atomic E-state index is 0.137. The molecule has 0 unspecified atom stereocenters. The van der Waals surface area contributed by atoms with Crippen LogP contribution in [0.4, 0.5) is 0 Å². The van der Waals surface area contributed by atoms with Crippen LogP contribution in [0, 0.1) is 12.3 Å². The Morgan fingerprint density at radius 3 is 2.96 bits per heavy atom. The van der Waals surface area contributed by atoms with Gasteiger partial charge < -0.3 is 15.0 Å². The molecule has 0 aliphatic heterocycles. The topological polar surface area (TPSA) is 67.0 Å². The lowest BCUT2D eigenvalue weighted by Crippen LogP contribution is -2.29. The summed E-state index contributed by atoms with van der Waals surface area (Å²) in [6.07, 6.45) is 3.84. The van der Waals surface area contributed by atoms with Crippen LogP contribution in [-0.4, -0.2) is 15.9 Å². The average molecular weight is 355 g/mol. The molecule has 1 fully saturated rings. The number of benzene rings is 1. The van der Waals surface area contributed by atoms with Gasteiger partial charge in [0.15, 0.2) is 0 Å². The van der Waals surface area contributed by atoms with E-state index < -0.39 is 0 Å². The molecule has 1 amide bonds. The van der Waals surface area contributed by atoms with Crippen LogP contribution in [0.5, 0.6) is 5.75 Å². The molecule has 5 nitrogen and oxygen atoms in total. The highest BCUT2D eigenvalue weighted by molar-refractivity contribution is 7.11. The predicted octanol–water partition coefficient (Wildman–Crippen LogP) is 3.93. The SMILES string of the molecule is Cc1ncc(COc2ccc3cc(CNC(=O)C4(C)CC4)[nH]c3c2)s1. The Morgan fingerprint density at radius 2 is 2.24 bits per heavy atom. The van der Waals surface area contributed by atoms with E-state index in [1.165, 1.54) is 0 Å². The molecule has 0 atom stereocenters. The van der Waals surface area contributed by atoms with E-state index in [0.717, 1.165) is 45.1 Å². The monoisotopic (exact) mass is 355 g/mol. The Labute approximate surface area is 150 Å². The fourth-order valence-electron chi connectivity index (χ4n) is 2.78. The first-order chi connectivity index (χ1) is 12.0. The Balaban J connectivity index is 1.41. The normalized spacial score (nSPS) is 15.3. The smallest absolute Gasteiger partial charge is 0.226 e. The number of aromatic amines is 1. The van der Waals surface area contributed by atoms with Gasteiger partial charge >= 0.3 is 0 Å². The fourth-order valence-corrected chi connectivity index (χ4v) is 3.49. The number of fused-ring (bicyclic) bond motifs is 1. The minimum Gasteiger partial charge on any atom is -0.488 e. The summed E-state index contributed by atoms with van der Waals surface area (Å²) in [6.45, 7) is 5.06. The standard InChI is InChI=1S/C19H21N3O2S/c1-12-20-10-16(25-12)11-24-15-4-3-13-7-14(22-17(13)8-15)9-21-18(23)19(2)5-6-19/h3-4,7-8,10,22H,5-6,9,11H2,1-2H3,(H,21,23). The number of aryl methyl sites for hydroxylation is 1. The maximum Gasteiger partial charge on any atom is 0.226 e. The third-order valence-electron chi connectivity index (χ3n) is 4.69. The molecular weight excluding hydrogens is 334 g/mol. The molecule has 2 heterocycles. The summed E-state index contributed by atoms with van der Waals surface area (Å²) in [5, 5.41) is 5.18. The van der Waals surface area contributed by atoms with Gasteiger partial charge in [-0.15, -0.1) is 11.3 Å². The van der Waals surface area contributed by atoms with Gasteiger partial charge in [-0.25, -0.2) is 4.98 Å². The zero-order valence-corrected chi connectivity index (χ0v) is 15.2. The summed E-state index contributed by atoms with van der Waals surface area (Å²) in [5.41, 5.74) is 1.88. The summed E-state index contributed by atoms with van der Waals surface area (Å²) in [7, 11) is 0. The third-order valence-corrected chi connectivity index (χ3v) is 5.57. The highest BCUT2D eigenvalue weighted by Crippen LogP contribution is 2.45. The fraction of sp³-hybridized carbons (Fsp3) is 0.368. The van der Waals surface area contributed by atoms with Crippen molar-refractivity contribution in [3.8, 4) is 5.75 Å². The molecule has 0 saturated heterocycles. The van der Waals surface area contributed by atoms with Crippen molar-refractivity contribution in [3.05, 3.63) is 46.0 Å². The van der Waals surface area contributed by atoms with Crippen LogP contribution in [-0.2, 0) is 17.9 Å². The van der Waals surface area contributed by atoms with Crippen molar-refractivity contribution >= 4 is 28.1 Å². The molecule has 0 bridgehead atoms. The number of carbonyl (C=O) groups excluding carboxylic acids is 1. The maximum absolute atomic E-state index is 12.0. The van der Waals surface area contributed by atoms with Crippen molar-refractivity contribution in [1.82, 2.24) is 15.3 Å². The van der Waals surface area contributed by atoms with Gasteiger partial charge in [0.1, 0.15) is 12.4 Å². The van der Waals surface area contributed by atoms with Crippen LogP contribution < -0.4 is 10.1 Å². The lowest BCUT2D eigenvalue weighted by molar-refractivity contribution is -0.125. The number of rotatable bonds is 6. The number of hydrogen-bond acceptors (Lipinski definition) is 4. The van der Waals surface area contributed by atoms with Gasteiger partial charge in [-0.05, 0) is 43.4 Å². The molecule has 1 aliphatic carbocycles. The largest absolute Gasteiger partial charge is 0.488 e. The van der Waals surface area contributed by atoms with Crippen molar-refractivity contribution in [2.45, 2.75) is 39.8 Å². The van der Waals surface area contributed by atoms with Crippen LogP contribution >= 0.6 is 11.3 Å². The highest BCUT2D eigenvalue weighted by atomic mass is 32.1. The van der Waals surface area contributed by atoms with E-state index in [2.05, 4.69) is 21.4 Å². The number of hydrogen-bond donors (Lipinski definition) is 2. The molecular formula is C19H21N3O2S. The summed E-state index contributed by atoms with van der Waals surface area (Å²) in [6, 6.07) is 8.07. The van der Waals surface area contributed by atoms with Gasteiger partial charge in [0.05, 0.1) is 16.4 Å². The van der Waals surface area contributed by atoms with Gasteiger partial charge in [-0.1, -0.05) is 6.92 Å². The van der Waals surface area contributed by atoms with Crippen LogP contribution in [0.15, 0.2) is 30.5 Å². The van der Waals surface area contributed by atoms with Crippen molar-refractivity contribution in [2.24, 2.45) is 5.41 Å². The second-order valence-corrected chi connectivity index (χ2v) is 8.24. The number of nitrogens with one attached hydrogen (secondary N) is 2. The highest BCUT2D eigenvalue weighted by Gasteiger charge is 2.44. The molecule has 2 N–H and O–H groups in total. The lowest BCUT2D eigenvalue weighted by atomic mass is 10.1. The summed E-state index contributed by atoms with van der Waals surface area (Å²) in [4.78, 5) is 20.8. The van der Waals surface area contributed by atoms with E-state index in [1.807, 2.05) is 38.2 Å². The van der Waals surface area contributed by atoms with Gasteiger partial charge in [0, 0.05) is 28.9 Å². The van der Waals surface area contributed by atoms with Crippen molar-refractivity contribution in [3.63, 3.8) is 0 Å². The average Bonchev–Trinajstić information content (AvgIpc) is 3.04. The molecule has 6 heteroatoms. The van der Waals surface area contributed by atoms with Crippen molar-refractivity contribution in [2.75, 3.05) is 0 Å². The van der Waals surface area contributed by atoms with E-state index >= 15 is 0 Å². The first kappa shape index (κ1) is 16.1. The number of aromatic nitrogens is 2. The summed E-state index contributed by atoms with van der Waals surface area (Å²) >= 11 is 1.65. The van der Waals surface area contributed by atoms with Gasteiger partial charge in [0.25, 0.3) is 0 Å². The second kappa shape index (κ2) is 6.19. The molecule has 4 rings (SSSR count). The van der Waals surface area contributed by atoms with E-state index in [9.17, 15) is 4.79 Å². The van der Waals surface area contributed by atoms with Crippen LogP contribution in [0.1, 0.15) is 35.3 Å². The predicted molar refractivity (Wildman–Crippen MR) is 98.7 cm³/mol. The number of H-pyrrole nitrogens is 1. The molecule has 2 aromatic heterocycles. The molecule has 0 radical (unpaired) electrons. The molecule has 130 valence electrons. The van der Waals surface area contributed by atoms with E-state index in [0.29, 0.717) is 13.2 Å². The summed E-state index contributed by atoms with van der Waals surface area (Å²) < 4.78 is 5.85. The number of nitrogens with zero attached hydrogens (tertiary/aromatic N) is 1. The zero-order valence-electron chi connectivity index (χ0n) is 14.4. The van der Waals surface area contributed by atoms with E-state index in [4.69, 9.17) is 4.74 Å². The van der Waals surface area contributed by atoms with E-state index in [-0.39, 0.29) is 11.3 Å². The van der Waals surface area contributed by atoms with Crippen molar-refractivity contribution in [1.29, 1.82) is 0 Å². The Hall–Kier alpha value is -2.34. The van der Waals surface area contributed by atoms with Gasteiger partial charge in [-0.3, -0.25) is 4.79 Å². The third kappa shape index (κ3) is 3.54. The summed E-state index contributed by atoms with van der Waals surface area (Å²) in [5.74, 6) is 0.969. The van der Waals surface area contributed by atoms with Gasteiger partial charge in [0.2, 0.25) is 5.91 Å². The number of thiazole rings is 1. The van der Waals surface area contributed by atoms with Crippen LogP contribution in [0.3, 0.4) is 0 Å². The second-order valence-electron chi connectivity index (χ2n) is 6.92. The first-order valence-corrected chi connectivity index (χ1v) is 9.28. The Morgan fingerprint density at radius 1 is 1.40 bits per heavy atom. The molecule has 0 spiro atoms. The number of carbonyl (C=O) groups is 1. The lowest BCUT2D eigenvalue weighted by Gasteiger charge is -2.08. The molecule has 3 aromatic rings. The Kier molecular flexibility index (Phi) is 4.00. The molecule has 1 saturated carbocycles. The molecule has 1 aromatic carbocycles. The van der Waals surface area contributed by atoms with Crippen molar-refractivity contribution < 1.29 is 9.53 Å². The molecule has 25 heavy (non-hydrogen) atoms. The van der Waals surface area contributed by atoms with Crippen LogP contribution in [0.2, 0.25) is 0 Å². The molecule has 1 aliphatic rings.